The van der Waals surface area contributed by atoms with Crippen LogP contribution in [0.2, 0.25) is 0 Å². The molecule has 0 saturated heterocycles. The van der Waals surface area contributed by atoms with Crippen LogP contribution in [0.1, 0.15) is 162 Å². The normalized spacial score (nSPS) is 15.9. The first kappa shape index (κ1) is 29.4. The fourth-order valence-corrected chi connectivity index (χ4v) is 5.17. The summed E-state index contributed by atoms with van der Waals surface area (Å²) < 4.78 is 0. The second-order valence-electron chi connectivity index (χ2n) is 10.5. The van der Waals surface area contributed by atoms with Gasteiger partial charge in [0.25, 0.3) is 0 Å². The Kier molecular flexibility index (Phi) is 20.3. The quantitative estimate of drug-likeness (QED) is 0.135. The monoisotopic (exact) mass is 448 g/mol. The summed E-state index contributed by atoms with van der Waals surface area (Å²) in [6, 6.07) is 0. The van der Waals surface area contributed by atoms with Crippen molar-refractivity contribution in [2.45, 2.75) is 168 Å². The van der Waals surface area contributed by atoms with Gasteiger partial charge in [0, 0.05) is 26.0 Å². The van der Waals surface area contributed by atoms with Gasteiger partial charge in [-0.2, -0.15) is 0 Å². The van der Waals surface area contributed by atoms with Gasteiger partial charge in [0.1, 0.15) is 6.17 Å². The average Bonchev–Trinajstić information content (AvgIpc) is 3.15. The number of hydrogen-bond donors (Lipinski definition) is 0. The third kappa shape index (κ3) is 16.0. The van der Waals surface area contributed by atoms with Crippen LogP contribution in [0.4, 0.5) is 0 Å². The lowest BCUT2D eigenvalue weighted by Gasteiger charge is -2.30. The second kappa shape index (κ2) is 22.1. The highest BCUT2D eigenvalue weighted by Crippen LogP contribution is 2.21. The molecule has 0 radical (unpaired) electrons. The molecule has 1 unspecified atom stereocenters. The SMILES string of the molecule is CCCCCCCCCCCCCCN1C=CN(C)C1CCCCCCCCCCCC. The first-order valence-corrected chi connectivity index (χ1v) is 15.0. The standard InChI is InChI=1S/C30H60N2/c1-4-6-8-10-12-14-16-17-19-21-23-25-27-32-29-28-31(3)30(32)26-24-22-20-18-15-13-11-9-7-5-2/h28-30H,4-27H2,1-3H3. The van der Waals surface area contributed by atoms with E-state index in [1.54, 1.807) is 0 Å². The number of rotatable bonds is 24. The minimum Gasteiger partial charge on any atom is -0.359 e. The predicted octanol–water partition coefficient (Wildman–Crippen LogP) is 10.0. The molecule has 0 bridgehead atoms. The Balaban J connectivity index is 1.93. The summed E-state index contributed by atoms with van der Waals surface area (Å²) in [6.07, 6.45) is 38.2. The van der Waals surface area contributed by atoms with Crippen LogP contribution in [0.5, 0.6) is 0 Å². The molecule has 1 heterocycles. The second-order valence-corrected chi connectivity index (χ2v) is 10.5. The van der Waals surface area contributed by atoms with Gasteiger partial charge in [-0.3, -0.25) is 0 Å². The van der Waals surface area contributed by atoms with Crippen molar-refractivity contribution in [1.29, 1.82) is 0 Å². The minimum atomic E-state index is 0.622. The van der Waals surface area contributed by atoms with E-state index in [0.29, 0.717) is 6.17 Å². The lowest BCUT2D eigenvalue weighted by molar-refractivity contribution is 0.159. The minimum absolute atomic E-state index is 0.622. The molecule has 0 N–H and O–H groups in total. The molecule has 2 heteroatoms. The number of unbranched alkanes of at least 4 members (excludes halogenated alkanes) is 20. The van der Waals surface area contributed by atoms with Gasteiger partial charge in [-0.1, -0.05) is 142 Å². The third-order valence-electron chi connectivity index (χ3n) is 7.43. The van der Waals surface area contributed by atoms with Crippen LogP contribution in [0.25, 0.3) is 0 Å². The third-order valence-corrected chi connectivity index (χ3v) is 7.43. The molecule has 0 aromatic heterocycles. The van der Waals surface area contributed by atoms with Crippen LogP contribution in [-0.2, 0) is 0 Å². The van der Waals surface area contributed by atoms with Crippen molar-refractivity contribution >= 4 is 0 Å². The molecule has 190 valence electrons. The van der Waals surface area contributed by atoms with Gasteiger partial charge in [0.15, 0.2) is 0 Å². The van der Waals surface area contributed by atoms with E-state index in [1.807, 2.05) is 0 Å². The molecule has 0 spiro atoms. The molecule has 0 aromatic carbocycles. The highest BCUT2D eigenvalue weighted by molar-refractivity contribution is 4.95. The molecule has 1 rings (SSSR count). The zero-order valence-corrected chi connectivity index (χ0v) is 22.6. The molecule has 0 aliphatic carbocycles. The lowest BCUT2D eigenvalue weighted by Crippen LogP contribution is -2.37. The van der Waals surface area contributed by atoms with Crippen molar-refractivity contribution in [3.05, 3.63) is 12.4 Å². The first-order chi connectivity index (χ1) is 15.8. The van der Waals surface area contributed by atoms with E-state index in [2.05, 4.69) is 43.1 Å². The van der Waals surface area contributed by atoms with Crippen LogP contribution in [0, 0.1) is 0 Å². The van der Waals surface area contributed by atoms with Crippen molar-refractivity contribution in [3.8, 4) is 0 Å². The van der Waals surface area contributed by atoms with Crippen molar-refractivity contribution in [3.63, 3.8) is 0 Å². The van der Waals surface area contributed by atoms with Gasteiger partial charge < -0.3 is 9.80 Å². The smallest absolute Gasteiger partial charge is 0.100 e. The molecule has 0 amide bonds. The van der Waals surface area contributed by atoms with E-state index in [9.17, 15) is 0 Å². The van der Waals surface area contributed by atoms with E-state index in [4.69, 9.17) is 0 Å². The number of hydrogen-bond acceptors (Lipinski definition) is 2. The molecular weight excluding hydrogens is 388 g/mol. The maximum atomic E-state index is 2.62. The number of nitrogens with zero attached hydrogens (tertiary/aromatic N) is 2. The van der Waals surface area contributed by atoms with E-state index >= 15 is 0 Å². The zero-order valence-electron chi connectivity index (χ0n) is 22.6. The Hall–Kier alpha value is -0.660. The fraction of sp³-hybridized carbons (Fsp3) is 0.933. The van der Waals surface area contributed by atoms with Crippen LogP contribution in [0.15, 0.2) is 12.4 Å². The van der Waals surface area contributed by atoms with Crippen molar-refractivity contribution in [2.24, 2.45) is 0 Å². The fourth-order valence-electron chi connectivity index (χ4n) is 5.17. The summed E-state index contributed by atoms with van der Waals surface area (Å²) in [7, 11) is 2.26. The summed E-state index contributed by atoms with van der Waals surface area (Å²) >= 11 is 0. The van der Waals surface area contributed by atoms with Gasteiger partial charge in [-0.25, -0.2) is 0 Å². The lowest BCUT2D eigenvalue weighted by atomic mass is 10.0. The topological polar surface area (TPSA) is 6.48 Å². The van der Waals surface area contributed by atoms with Crippen LogP contribution < -0.4 is 0 Å². The molecule has 1 atom stereocenters. The summed E-state index contributed by atoms with van der Waals surface area (Å²) in [5.74, 6) is 0. The van der Waals surface area contributed by atoms with Gasteiger partial charge in [-0.05, 0) is 19.3 Å². The van der Waals surface area contributed by atoms with Crippen molar-refractivity contribution in [1.82, 2.24) is 9.80 Å². The van der Waals surface area contributed by atoms with Gasteiger partial charge >= 0.3 is 0 Å². The van der Waals surface area contributed by atoms with E-state index < -0.39 is 0 Å². The van der Waals surface area contributed by atoms with E-state index in [0.717, 1.165) is 0 Å². The van der Waals surface area contributed by atoms with Crippen molar-refractivity contribution < 1.29 is 0 Å². The van der Waals surface area contributed by atoms with Gasteiger partial charge in [0.2, 0.25) is 0 Å². The Labute approximate surface area is 203 Å². The molecule has 2 nitrogen and oxygen atoms in total. The Morgan fingerprint density at radius 3 is 1.28 bits per heavy atom. The van der Waals surface area contributed by atoms with Gasteiger partial charge in [-0.15, -0.1) is 0 Å². The highest BCUT2D eigenvalue weighted by atomic mass is 15.4. The first-order valence-electron chi connectivity index (χ1n) is 15.0. The van der Waals surface area contributed by atoms with Gasteiger partial charge in [0.05, 0.1) is 0 Å². The molecule has 0 aromatic rings. The summed E-state index contributed by atoms with van der Waals surface area (Å²) in [4.78, 5) is 5.05. The maximum absolute atomic E-state index is 2.62. The largest absolute Gasteiger partial charge is 0.359 e. The Morgan fingerprint density at radius 1 is 0.469 bits per heavy atom. The average molecular weight is 449 g/mol. The highest BCUT2D eigenvalue weighted by Gasteiger charge is 2.22. The van der Waals surface area contributed by atoms with E-state index in [1.165, 1.54) is 154 Å². The predicted molar refractivity (Wildman–Crippen MR) is 145 cm³/mol. The Bertz CT molecular complexity index is 406. The molecule has 1 aliphatic rings. The van der Waals surface area contributed by atoms with Crippen molar-refractivity contribution in [2.75, 3.05) is 13.6 Å². The summed E-state index contributed by atoms with van der Waals surface area (Å²) in [5.41, 5.74) is 0. The molecular formula is C30H60N2. The molecule has 0 saturated carbocycles. The van der Waals surface area contributed by atoms with Crippen LogP contribution >= 0.6 is 0 Å². The van der Waals surface area contributed by atoms with E-state index in [-0.39, 0.29) is 0 Å². The zero-order chi connectivity index (χ0) is 23.1. The molecule has 32 heavy (non-hydrogen) atoms. The van der Waals surface area contributed by atoms with Crippen LogP contribution in [0.3, 0.4) is 0 Å². The summed E-state index contributed by atoms with van der Waals surface area (Å²) in [6.45, 7) is 5.86. The maximum Gasteiger partial charge on any atom is 0.100 e. The molecule has 0 fully saturated rings. The molecule has 1 aliphatic heterocycles. The Morgan fingerprint density at radius 2 is 0.844 bits per heavy atom. The summed E-state index contributed by atoms with van der Waals surface area (Å²) in [5, 5.41) is 0. The van der Waals surface area contributed by atoms with Crippen LogP contribution in [-0.4, -0.2) is 29.6 Å².